The van der Waals surface area contributed by atoms with Crippen LogP contribution in [0.15, 0.2) is 17.1 Å². The molecular weight excluding hydrogens is 369 g/mol. The predicted octanol–water partition coefficient (Wildman–Crippen LogP) is 3.18. The van der Waals surface area contributed by atoms with E-state index in [1.807, 2.05) is 18.4 Å². The molecule has 2 N–H and O–H groups in total. The lowest BCUT2D eigenvalue weighted by Gasteiger charge is -2.17. The number of thiophene rings is 1. The molecule has 1 atom stereocenters. The molecule has 19 heavy (non-hydrogen) atoms. The molecule has 1 aliphatic carbocycles. The van der Waals surface area contributed by atoms with Crippen molar-refractivity contribution >= 4 is 41.3 Å². The first-order valence-electron chi connectivity index (χ1n) is 6.70. The molecule has 1 fully saturated rings. The Kier molecular flexibility index (Phi) is 7.13. The van der Waals surface area contributed by atoms with E-state index in [1.54, 1.807) is 0 Å². The maximum atomic E-state index is 4.27. The fourth-order valence-corrected chi connectivity index (χ4v) is 2.96. The molecule has 1 aliphatic rings. The lowest BCUT2D eigenvalue weighted by atomic mass is 10.2. The number of nitrogens with one attached hydrogen (secondary N) is 2. The molecule has 0 spiro atoms. The summed E-state index contributed by atoms with van der Waals surface area (Å²) in [7, 11) is 1.84. The van der Waals surface area contributed by atoms with Crippen LogP contribution in [0.25, 0.3) is 0 Å². The summed E-state index contributed by atoms with van der Waals surface area (Å²) in [6.07, 6.45) is 3.80. The van der Waals surface area contributed by atoms with Gasteiger partial charge in [-0.15, -0.1) is 35.3 Å². The molecule has 108 valence electrons. The summed E-state index contributed by atoms with van der Waals surface area (Å²) < 4.78 is 0. The molecule has 0 aromatic carbocycles. The summed E-state index contributed by atoms with van der Waals surface area (Å²) in [5.41, 5.74) is 0. The van der Waals surface area contributed by atoms with Gasteiger partial charge in [-0.25, -0.2) is 0 Å². The van der Waals surface area contributed by atoms with Gasteiger partial charge in [0.1, 0.15) is 0 Å². The van der Waals surface area contributed by atoms with E-state index in [2.05, 4.69) is 41.6 Å². The third-order valence-electron chi connectivity index (χ3n) is 3.17. The highest BCUT2D eigenvalue weighted by atomic mass is 127. The molecule has 1 aromatic heterocycles. The molecule has 0 bridgehead atoms. The van der Waals surface area contributed by atoms with E-state index in [0.29, 0.717) is 6.04 Å². The van der Waals surface area contributed by atoms with Gasteiger partial charge < -0.3 is 10.6 Å². The second kappa shape index (κ2) is 8.09. The highest BCUT2D eigenvalue weighted by Crippen LogP contribution is 2.27. The van der Waals surface area contributed by atoms with Crippen molar-refractivity contribution in [3.8, 4) is 0 Å². The van der Waals surface area contributed by atoms with Crippen molar-refractivity contribution in [3.63, 3.8) is 0 Å². The van der Waals surface area contributed by atoms with Crippen LogP contribution in [0.4, 0.5) is 0 Å². The average Bonchev–Trinajstić information content (AvgIpc) is 3.08. The van der Waals surface area contributed by atoms with Crippen molar-refractivity contribution in [2.45, 2.75) is 39.2 Å². The Labute approximate surface area is 137 Å². The maximum Gasteiger partial charge on any atom is 0.191 e. The lowest BCUT2D eigenvalue weighted by Crippen LogP contribution is -2.43. The molecule has 1 saturated carbocycles. The van der Waals surface area contributed by atoms with E-state index < -0.39 is 0 Å². The summed E-state index contributed by atoms with van der Waals surface area (Å²) in [5.74, 6) is 1.81. The minimum Gasteiger partial charge on any atom is -0.356 e. The van der Waals surface area contributed by atoms with Crippen LogP contribution in [0, 0.1) is 12.8 Å². The Morgan fingerprint density at radius 1 is 1.47 bits per heavy atom. The zero-order valence-corrected chi connectivity index (χ0v) is 15.0. The monoisotopic (exact) mass is 393 g/mol. The van der Waals surface area contributed by atoms with Crippen molar-refractivity contribution in [3.05, 3.63) is 21.9 Å². The number of aryl methyl sites for hydroxylation is 1. The molecule has 1 unspecified atom stereocenters. The van der Waals surface area contributed by atoms with E-state index >= 15 is 0 Å². The highest BCUT2D eigenvalue weighted by Gasteiger charge is 2.21. The molecule has 0 aliphatic heterocycles. The summed E-state index contributed by atoms with van der Waals surface area (Å²) in [5, 5.41) is 6.85. The number of hydrogen-bond acceptors (Lipinski definition) is 2. The number of hydrogen-bond donors (Lipinski definition) is 2. The van der Waals surface area contributed by atoms with Crippen LogP contribution in [0.5, 0.6) is 0 Å². The Morgan fingerprint density at radius 2 is 2.21 bits per heavy atom. The lowest BCUT2D eigenvalue weighted by molar-refractivity contribution is 0.637. The average molecular weight is 393 g/mol. The Balaban J connectivity index is 0.00000180. The van der Waals surface area contributed by atoms with E-state index in [4.69, 9.17) is 0 Å². The first-order valence-corrected chi connectivity index (χ1v) is 7.51. The van der Waals surface area contributed by atoms with E-state index in [0.717, 1.165) is 24.8 Å². The Morgan fingerprint density at radius 3 is 2.74 bits per heavy atom. The van der Waals surface area contributed by atoms with Crippen LogP contribution >= 0.6 is 35.3 Å². The van der Waals surface area contributed by atoms with E-state index in [9.17, 15) is 0 Å². The number of nitrogens with zero attached hydrogens (tertiary/aromatic N) is 1. The van der Waals surface area contributed by atoms with Crippen molar-refractivity contribution in [1.82, 2.24) is 10.6 Å². The molecule has 1 heterocycles. The third kappa shape index (κ3) is 6.12. The van der Waals surface area contributed by atoms with Gasteiger partial charge in [-0.05, 0) is 44.7 Å². The van der Waals surface area contributed by atoms with E-state index in [1.165, 1.54) is 22.6 Å². The van der Waals surface area contributed by atoms with Crippen molar-refractivity contribution in [2.24, 2.45) is 10.9 Å². The zero-order valence-electron chi connectivity index (χ0n) is 11.9. The van der Waals surface area contributed by atoms with Crippen molar-refractivity contribution < 1.29 is 0 Å². The van der Waals surface area contributed by atoms with Crippen LogP contribution in [0.1, 0.15) is 29.5 Å². The quantitative estimate of drug-likeness (QED) is 0.458. The first-order chi connectivity index (χ1) is 8.67. The fraction of sp³-hybridized carbons (Fsp3) is 0.643. The minimum atomic E-state index is 0. The van der Waals surface area contributed by atoms with Crippen LogP contribution < -0.4 is 10.6 Å². The van der Waals surface area contributed by atoms with E-state index in [-0.39, 0.29) is 24.0 Å². The Bertz CT molecular complexity index is 413. The fourth-order valence-electron chi connectivity index (χ4n) is 1.94. The number of aliphatic imine (C=N–C) groups is 1. The van der Waals surface area contributed by atoms with Gasteiger partial charge in [-0.3, -0.25) is 4.99 Å². The number of halogens is 1. The molecule has 3 nitrogen and oxygen atoms in total. The number of rotatable bonds is 5. The van der Waals surface area contributed by atoms with Gasteiger partial charge >= 0.3 is 0 Å². The normalized spacial score (nSPS) is 16.7. The molecule has 1 aromatic rings. The second-order valence-corrected chi connectivity index (χ2v) is 6.53. The molecule has 2 rings (SSSR count). The van der Waals surface area contributed by atoms with Crippen LogP contribution in [-0.4, -0.2) is 25.6 Å². The zero-order chi connectivity index (χ0) is 13.0. The Hall–Kier alpha value is -0.300. The molecule has 5 heteroatoms. The second-order valence-electron chi connectivity index (χ2n) is 5.16. The molecule has 0 amide bonds. The van der Waals surface area contributed by atoms with Crippen LogP contribution in [-0.2, 0) is 6.42 Å². The molecule has 0 radical (unpaired) electrons. The molecule has 0 saturated heterocycles. The largest absolute Gasteiger partial charge is 0.356 e. The summed E-state index contributed by atoms with van der Waals surface area (Å²) >= 11 is 1.88. The van der Waals surface area contributed by atoms with Gasteiger partial charge in [-0.1, -0.05) is 0 Å². The van der Waals surface area contributed by atoms with Gasteiger partial charge in [0, 0.05) is 35.8 Å². The van der Waals surface area contributed by atoms with Crippen molar-refractivity contribution in [2.75, 3.05) is 13.6 Å². The smallest absolute Gasteiger partial charge is 0.191 e. The minimum absolute atomic E-state index is 0. The summed E-state index contributed by atoms with van der Waals surface area (Å²) in [6.45, 7) is 5.42. The highest BCUT2D eigenvalue weighted by molar-refractivity contribution is 14.0. The summed E-state index contributed by atoms with van der Waals surface area (Å²) in [4.78, 5) is 7.09. The SMILES string of the molecule is CN=C(NCC1CC1)NC(C)Cc1ccc(C)s1.I. The van der Waals surface area contributed by atoms with Gasteiger partial charge in [0.25, 0.3) is 0 Å². The maximum absolute atomic E-state index is 4.27. The van der Waals surface area contributed by atoms with Gasteiger partial charge in [0.15, 0.2) is 5.96 Å². The predicted molar refractivity (Wildman–Crippen MR) is 94.9 cm³/mol. The van der Waals surface area contributed by atoms with Gasteiger partial charge in [-0.2, -0.15) is 0 Å². The van der Waals surface area contributed by atoms with Gasteiger partial charge in [0.05, 0.1) is 0 Å². The topological polar surface area (TPSA) is 36.4 Å². The third-order valence-corrected chi connectivity index (χ3v) is 4.19. The summed E-state index contributed by atoms with van der Waals surface area (Å²) in [6, 6.07) is 4.82. The number of guanidine groups is 1. The first kappa shape index (κ1) is 16.8. The van der Waals surface area contributed by atoms with Gasteiger partial charge in [0.2, 0.25) is 0 Å². The molecular formula is C14H24IN3S. The van der Waals surface area contributed by atoms with Crippen molar-refractivity contribution in [1.29, 1.82) is 0 Å². The van der Waals surface area contributed by atoms with Crippen LogP contribution in [0.3, 0.4) is 0 Å². The standard InChI is InChI=1S/C14H23N3S.HI/c1-10(8-13-7-4-11(2)18-13)17-14(15-3)16-9-12-5-6-12;/h4,7,10,12H,5-6,8-9H2,1-3H3,(H2,15,16,17);1H. The van der Waals surface area contributed by atoms with Crippen LogP contribution in [0.2, 0.25) is 0 Å².